The van der Waals surface area contributed by atoms with E-state index in [4.69, 9.17) is 4.74 Å². The fourth-order valence-corrected chi connectivity index (χ4v) is 3.19. The fourth-order valence-electron chi connectivity index (χ4n) is 1.94. The van der Waals surface area contributed by atoms with Gasteiger partial charge in [0.2, 0.25) is 0 Å². The van der Waals surface area contributed by atoms with E-state index < -0.39 is 0 Å². The average molecular weight is 237 g/mol. The van der Waals surface area contributed by atoms with Gasteiger partial charge in [0, 0.05) is 34.7 Å². The maximum Gasteiger partial charge on any atom is 0.0476 e. The second kappa shape index (κ2) is 5.69. The van der Waals surface area contributed by atoms with Gasteiger partial charge in [0.05, 0.1) is 0 Å². The standard InChI is InChI=1S/C13H19NOS/c1-3-11-9-13(8-10(2)14-11)16-12-4-6-15-7-5-12/h8-9,12H,3-7H2,1-2H3. The number of nitrogens with zero attached hydrogens (tertiary/aromatic N) is 1. The molecule has 0 aliphatic carbocycles. The molecule has 0 spiro atoms. The number of aromatic nitrogens is 1. The Balaban J connectivity index is 2.04. The van der Waals surface area contributed by atoms with Crippen LogP contribution in [-0.4, -0.2) is 23.4 Å². The number of rotatable bonds is 3. The van der Waals surface area contributed by atoms with Gasteiger partial charge in [-0.15, -0.1) is 11.8 Å². The first-order valence-electron chi connectivity index (χ1n) is 6.00. The molecule has 0 N–H and O–H groups in total. The van der Waals surface area contributed by atoms with E-state index in [2.05, 4.69) is 31.0 Å². The van der Waals surface area contributed by atoms with E-state index in [0.717, 1.165) is 30.6 Å². The first kappa shape index (κ1) is 11.9. The van der Waals surface area contributed by atoms with E-state index >= 15 is 0 Å². The molecule has 0 radical (unpaired) electrons. The summed E-state index contributed by atoms with van der Waals surface area (Å²) in [6.45, 7) is 6.07. The molecule has 0 saturated carbocycles. The first-order chi connectivity index (χ1) is 7.78. The summed E-state index contributed by atoms with van der Waals surface area (Å²) < 4.78 is 5.38. The van der Waals surface area contributed by atoms with Crippen LogP contribution in [0, 0.1) is 6.92 Å². The highest BCUT2D eigenvalue weighted by molar-refractivity contribution is 8.00. The lowest BCUT2D eigenvalue weighted by Crippen LogP contribution is -2.17. The quantitative estimate of drug-likeness (QED) is 0.806. The molecule has 1 aliphatic rings. The summed E-state index contributed by atoms with van der Waals surface area (Å²) in [7, 11) is 0. The van der Waals surface area contributed by atoms with Crippen LogP contribution < -0.4 is 0 Å². The zero-order chi connectivity index (χ0) is 11.4. The molecule has 0 aromatic carbocycles. The lowest BCUT2D eigenvalue weighted by molar-refractivity contribution is 0.100. The highest BCUT2D eigenvalue weighted by Crippen LogP contribution is 2.30. The normalized spacial score (nSPS) is 17.6. The maximum absolute atomic E-state index is 5.38. The highest BCUT2D eigenvalue weighted by Gasteiger charge is 2.15. The van der Waals surface area contributed by atoms with Gasteiger partial charge in [-0.25, -0.2) is 0 Å². The second-order valence-electron chi connectivity index (χ2n) is 4.22. The summed E-state index contributed by atoms with van der Waals surface area (Å²) in [6.07, 6.45) is 3.37. The predicted octanol–water partition coefficient (Wildman–Crippen LogP) is 3.22. The lowest BCUT2D eigenvalue weighted by Gasteiger charge is -2.21. The van der Waals surface area contributed by atoms with Crippen molar-refractivity contribution in [2.24, 2.45) is 0 Å². The molecule has 2 nitrogen and oxygen atoms in total. The summed E-state index contributed by atoms with van der Waals surface area (Å²) >= 11 is 1.99. The molecule has 0 amide bonds. The summed E-state index contributed by atoms with van der Waals surface area (Å²) in [5.74, 6) is 0. The Morgan fingerprint density at radius 1 is 1.38 bits per heavy atom. The van der Waals surface area contributed by atoms with E-state index in [1.165, 1.54) is 23.4 Å². The monoisotopic (exact) mass is 237 g/mol. The Hall–Kier alpha value is -0.540. The zero-order valence-electron chi connectivity index (χ0n) is 10.0. The molecule has 16 heavy (non-hydrogen) atoms. The SMILES string of the molecule is CCc1cc(SC2CCOCC2)cc(C)n1. The number of pyridine rings is 1. The molecule has 0 unspecified atom stereocenters. The molecule has 0 bridgehead atoms. The molecule has 3 heteroatoms. The molecule has 1 saturated heterocycles. The smallest absolute Gasteiger partial charge is 0.0476 e. The van der Waals surface area contributed by atoms with Crippen LogP contribution in [0.3, 0.4) is 0 Å². The summed E-state index contributed by atoms with van der Waals surface area (Å²) in [6, 6.07) is 4.42. The lowest BCUT2D eigenvalue weighted by atomic mass is 10.2. The van der Waals surface area contributed by atoms with Crippen LogP contribution in [0.15, 0.2) is 17.0 Å². The number of ether oxygens (including phenoxy) is 1. The number of hydrogen-bond donors (Lipinski definition) is 0. The fraction of sp³-hybridized carbons (Fsp3) is 0.615. The van der Waals surface area contributed by atoms with Crippen molar-refractivity contribution in [2.45, 2.75) is 43.3 Å². The summed E-state index contributed by atoms with van der Waals surface area (Å²) in [5.41, 5.74) is 2.34. The third-order valence-corrected chi connectivity index (χ3v) is 4.13. The number of aryl methyl sites for hydroxylation is 2. The third kappa shape index (κ3) is 3.22. The van der Waals surface area contributed by atoms with Gasteiger partial charge >= 0.3 is 0 Å². The van der Waals surface area contributed by atoms with Gasteiger partial charge in [-0.05, 0) is 38.3 Å². The molecule has 2 heterocycles. The van der Waals surface area contributed by atoms with Crippen molar-refractivity contribution in [3.63, 3.8) is 0 Å². The predicted molar refractivity (Wildman–Crippen MR) is 68.1 cm³/mol. The zero-order valence-corrected chi connectivity index (χ0v) is 10.8. The first-order valence-corrected chi connectivity index (χ1v) is 6.88. The van der Waals surface area contributed by atoms with E-state index in [1.54, 1.807) is 0 Å². The van der Waals surface area contributed by atoms with E-state index in [1.807, 2.05) is 11.8 Å². The molecular formula is C13H19NOS. The van der Waals surface area contributed by atoms with Gasteiger partial charge in [0.15, 0.2) is 0 Å². The van der Waals surface area contributed by atoms with Gasteiger partial charge in [-0.1, -0.05) is 6.92 Å². The highest BCUT2D eigenvalue weighted by atomic mass is 32.2. The minimum atomic E-state index is 0.722. The van der Waals surface area contributed by atoms with Gasteiger partial charge in [0.25, 0.3) is 0 Å². The number of thioether (sulfide) groups is 1. The van der Waals surface area contributed by atoms with Crippen molar-refractivity contribution >= 4 is 11.8 Å². The second-order valence-corrected chi connectivity index (χ2v) is 5.59. The van der Waals surface area contributed by atoms with Crippen molar-refractivity contribution in [3.05, 3.63) is 23.5 Å². The molecule has 1 aromatic rings. The Morgan fingerprint density at radius 2 is 2.12 bits per heavy atom. The molecule has 1 aliphatic heterocycles. The van der Waals surface area contributed by atoms with Gasteiger partial charge in [0.1, 0.15) is 0 Å². The molecule has 0 atom stereocenters. The van der Waals surface area contributed by atoms with Crippen molar-refractivity contribution in [1.82, 2.24) is 4.98 Å². The molecule has 2 rings (SSSR count). The van der Waals surface area contributed by atoms with Crippen molar-refractivity contribution < 1.29 is 4.74 Å². The van der Waals surface area contributed by atoms with Crippen molar-refractivity contribution in [3.8, 4) is 0 Å². The van der Waals surface area contributed by atoms with Crippen LogP contribution in [0.25, 0.3) is 0 Å². The van der Waals surface area contributed by atoms with Crippen LogP contribution in [0.2, 0.25) is 0 Å². The van der Waals surface area contributed by atoms with E-state index in [-0.39, 0.29) is 0 Å². The molecule has 1 fully saturated rings. The minimum Gasteiger partial charge on any atom is -0.381 e. The van der Waals surface area contributed by atoms with Crippen molar-refractivity contribution in [2.75, 3.05) is 13.2 Å². The molecule has 1 aromatic heterocycles. The van der Waals surface area contributed by atoms with E-state index in [0.29, 0.717) is 0 Å². The van der Waals surface area contributed by atoms with Crippen LogP contribution >= 0.6 is 11.8 Å². The third-order valence-electron chi connectivity index (χ3n) is 2.81. The summed E-state index contributed by atoms with van der Waals surface area (Å²) in [5, 5.41) is 0.722. The molecule has 88 valence electrons. The number of hydrogen-bond acceptors (Lipinski definition) is 3. The van der Waals surface area contributed by atoms with Crippen LogP contribution in [0.4, 0.5) is 0 Å². The largest absolute Gasteiger partial charge is 0.381 e. The maximum atomic E-state index is 5.38. The van der Waals surface area contributed by atoms with Gasteiger partial charge in [-0.3, -0.25) is 4.98 Å². The Morgan fingerprint density at radius 3 is 2.81 bits per heavy atom. The van der Waals surface area contributed by atoms with Gasteiger partial charge < -0.3 is 4.74 Å². The summed E-state index contributed by atoms with van der Waals surface area (Å²) in [4.78, 5) is 5.88. The van der Waals surface area contributed by atoms with E-state index in [9.17, 15) is 0 Å². The Bertz CT molecular complexity index is 348. The van der Waals surface area contributed by atoms with Crippen LogP contribution in [0.5, 0.6) is 0 Å². The van der Waals surface area contributed by atoms with Crippen LogP contribution in [0.1, 0.15) is 31.2 Å². The molecular weight excluding hydrogens is 218 g/mol. The van der Waals surface area contributed by atoms with Crippen LogP contribution in [-0.2, 0) is 11.2 Å². The average Bonchev–Trinajstić information content (AvgIpc) is 2.29. The van der Waals surface area contributed by atoms with Gasteiger partial charge in [-0.2, -0.15) is 0 Å². The Kier molecular flexibility index (Phi) is 4.24. The minimum absolute atomic E-state index is 0.722. The topological polar surface area (TPSA) is 22.1 Å². The van der Waals surface area contributed by atoms with Crippen molar-refractivity contribution in [1.29, 1.82) is 0 Å². The Labute approximate surface area is 102 Å².